The number of hydrogen-bond acceptors (Lipinski definition) is 5. The first-order chi connectivity index (χ1) is 10.5. The van der Waals surface area contributed by atoms with Gasteiger partial charge < -0.3 is 20.4 Å². The number of aliphatic carboxylic acids is 4. The standard InChI is InChI=1S/C14H18O9/c1-6(15)14(9(12(20)21)13(22)23)4-2-7(3-5-14)8(10(16)17)11(18)19/h7-9H,2-5H2,1H3,(H,16,17)(H,18,19)(H,20,21)(H,22,23). The summed E-state index contributed by atoms with van der Waals surface area (Å²) in [6.45, 7) is 1.10. The Hall–Kier alpha value is -2.45. The smallest absolute Gasteiger partial charge is 0.318 e. The summed E-state index contributed by atoms with van der Waals surface area (Å²) in [4.78, 5) is 56.6. The maximum Gasteiger partial charge on any atom is 0.318 e. The molecule has 0 saturated heterocycles. The molecule has 0 aromatic rings. The number of carboxylic acid groups (broad SMARTS) is 4. The van der Waals surface area contributed by atoms with Gasteiger partial charge in [0.1, 0.15) is 5.78 Å². The average molecular weight is 330 g/mol. The van der Waals surface area contributed by atoms with Gasteiger partial charge in [0.15, 0.2) is 11.8 Å². The van der Waals surface area contributed by atoms with Crippen molar-refractivity contribution in [3.63, 3.8) is 0 Å². The first-order valence-corrected chi connectivity index (χ1v) is 6.97. The van der Waals surface area contributed by atoms with Gasteiger partial charge in [0.2, 0.25) is 0 Å². The zero-order valence-electron chi connectivity index (χ0n) is 12.4. The van der Waals surface area contributed by atoms with Crippen molar-refractivity contribution in [1.82, 2.24) is 0 Å². The molecule has 0 amide bonds. The van der Waals surface area contributed by atoms with Crippen LogP contribution in [0.4, 0.5) is 0 Å². The third kappa shape index (κ3) is 3.49. The fourth-order valence-electron chi connectivity index (χ4n) is 3.42. The minimum atomic E-state index is -1.94. The number of hydrogen-bond donors (Lipinski definition) is 4. The number of carboxylic acids is 4. The molecule has 1 saturated carbocycles. The number of rotatable bonds is 7. The average Bonchev–Trinajstić information content (AvgIpc) is 2.38. The molecule has 1 aliphatic carbocycles. The van der Waals surface area contributed by atoms with Gasteiger partial charge in [-0.25, -0.2) is 0 Å². The molecule has 1 rings (SSSR count). The maximum absolute atomic E-state index is 12.0. The van der Waals surface area contributed by atoms with Gasteiger partial charge in [0.05, 0.1) is 5.41 Å². The van der Waals surface area contributed by atoms with E-state index in [1.807, 2.05) is 0 Å². The normalized spacial score (nSPS) is 24.4. The molecule has 9 heteroatoms. The van der Waals surface area contributed by atoms with Crippen LogP contribution in [0.5, 0.6) is 0 Å². The summed E-state index contributed by atoms with van der Waals surface area (Å²) in [6.07, 6.45) is -0.430. The lowest BCUT2D eigenvalue weighted by molar-refractivity contribution is -0.170. The molecule has 0 unspecified atom stereocenters. The van der Waals surface area contributed by atoms with E-state index >= 15 is 0 Å². The highest BCUT2D eigenvalue weighted by Gasteiger charge is 2.54. The first-order valence-electron chi connectivity index (χ1n) is 6.97. The van der Waals surface area contributed by atoms with Gasteiger partial charge >= 0.3 is 23.9 Å². The number of carbonyl (C=O) groups is 5. The second-order valence-electron chi connectivity index (χ2n) is 5.81. The van der Waals surface area contributed by atoms with Gasteiger partial charge in [0, 0.05) is 0 Å². The Morgan fingerprint density at radius 1 is 0.826 bits per heavy atom. The SMILES string of the molecule is CC(=O)C1(C(C(=O)O)C(=O)O)CCC(C(C(=O)O)C(=O)O)CC1. The summed E-state index contributed by atoms with van der Waals surface area (Å²) in [5.74, 6) is -11.3. The first kappa shape index (κ1) is 18.6. The molecule has 23 heavy (non-hydrogen) atoms. The number of Topliss-reactive ketones (excluding diaryl/α,β-unsaturated/α-hetero) is 1. The van der Waals surface area contributed by atoms with Crippen molar-refractivity contribution in [1.29, 1.82) is 0 Å². The van der Waals surface area contributed by atoms with Crippen LogP contribution in [0.3, 0.4) is 0 Å². The Bertz CT molecular complexity index is 514. The molecular formula is C14H18O9. The molecular weight excluding hydrogens is 312 g/mol. The van der Waals surface area contributed by atoms with E-state index in [9.17, 15) is 24.0 Å². The summed E-state index contributed by atoms with van der Waals surface area (Å²) >= 11 is 0. The second kappa shape index (κ2) is 6.76. The van der Waals surface area contributed by atoms with E-state index in [2.05, 4.69) is 0 Å². The summed E-state index contributed by atoms with van der Waals surface area (Å²) in [5.41, 5.74) is -1.64. The van der Waals surface area contributed by atoms with E-state index in [1.54, 1.807) is 0 Å². The van der Waals surface area contributed by atoms with Crippen LogP contribution in [-0.4, -0.2) is 50.1 Å². The van der Waals surface area contributed by atoms with Crippen LogP contribution >= 0.6 is 0 Å². The minimum absolute atomic E-state index is 0.0418. The molecule has 0 spiro atoms. The van der Waals surface area contributed by atoms with E-state index in [1.165, 1.54) is 0 Å². The monoisotopic (exact) mass is 330 g/mol. The van der Waals surface area contributed by atoms with Crippen LogP contribution in [0.15, 0.2) is 0 Å². The van der Waals surface area contributed by atoms with E-state index in [4.69, 9.17) is 20.4 Å². The molecule has 0 aliphatic heterocycles. The topological polar surface area (TPSA) is 166 Å². The Labute approximate surface area is 130 Å². The third-order valence-corrected chi connectivity index (χ3v) is 4.67. The summed E-state index contributed by atoms with van der Waals surface area (Å²) in [7, 11) is 0. The Kier molecular flexibility index (Phi) is 5.46. The highest BCUT2D eigenvalue weighted by atomic mass is 16.4. The zero-order valence-corrected chi connectivity index (χ0v) is 12.4. The van der Waals surface area contributed by atoms with Crippen LogP contribution in [0.2, 0.25) is 0 Å². The van der Waals surface area contributed by atoms with Crippen LogP contribution < -0.4 is 0 Å². The van der Waals surface area contributed by atoms with Crippen LogP contribution in [0.1, 0.15) is 32.6 Å². The molecule has 0 aromatic carbocycles. The Morgan fingerprint density at radius 2 is 1.22 bits per heavy atom. The van der Waals surface area contributed by atoms with E-state index in [-0.39, 0.29) is 25.7 Å². The van der Waals surface area contributed by atoms with Gasteiger partial charge in [0.25, 0.3) is 0 Å². The van der Waals surface area contributed by atoms with Gasteiger partial charge in [-0.05, 0) is 38.5 Å². The van der Waals surface area contributed by atoms with Crippen molar-refractivity contribution >= 4 is 29.7 Å². The summed E-state index contributed by atoms with van der Waals surface area (Å²) in [5, 5.41) is 36.3. The Morgan fingerprint density at radius 3 is 1.48 bits per heavy atom. The van der Waals surface area contributed by atoms with Crippen LogP contribution in [0.25, 0.3) is 0 Å². The highest BCUT2D eigenvalue weighted by molar-refractivity contribution is 6.00. The lowest BCUT2D eigenvalue weighted by atomic mass is 9.60. The second-order valence-corrected chi connectivity index (χ2v) is 5.81. The fraction of sp³-hybridized carbons (Fsp3) is 0.643. The highest BCUT2D eigenvalue weighted by Crippen LogP contribution is 2.47. The quantitative estimate of drug-likeness (QED) is 0.481. The number of ketones is 1. The van der Waals surface area contributed by atoms with Crippen LogP contribution in [0, 0.1) is 23.2 Å². The van der Waals surface area contributed by atoms with E-state index in [0.29, 0.717) is 0 Å². The van der Waals surface area contributed by atoms with E-state index < -0.39 is 52.8 Å². The van der Waals surface area contributed by atoms with Gasteiger partial charge in [-0.1, -0.05) is 0 Å². The van der Waals surface area contributed by atoms with Crippen molar-refractivity contribution < 1.29 is 44.4 Å². The lowest BCUT2D eigenvalue weighted by Crippen LogP contribution is -2.49. The van der Waals surface area contributed by atoms with Gasteiger partial charge in [-0.15, -0.1) is 0 Å². The number of carbonyl (C=O) groups excluding carboxylic acids is 1. The summed E-state index contributed by atoms with van der Waals surface area (Å²) < 4.78 is 0. The molecule has 9 nitrogen and oxygen atoms in total. The van der Waals surface area contributed by atoms with Crippen molar-refractivity contribution in [2.45, 2.75) is 32.6 Å². The predicted molar refractivity (Wildman–Crippen MR) is 72.6 cm³/mol. The zero-order chi connectivity index (χ0) is 17.9. The molecule has 1 fully saturated rings. The minimum Gasteiger partial charge on any atom is -0.481 e. The molecule has 0 atom stereocenters. The van der Waals surface area contributed by atoms with Crippen LogP contribution in [-0.2, 0) is 24.0 Å². The van der Waals surface area contributed by atoms with Gasteiger partial charge in [-0.2, -0.15) is 0 Å². The fourth-order valence-corrected chi connectivity index (χ4v) is 3.42. The molecule has 0 radical (unpaired) electrons. The van der Waals surface area contributed by atoms with Crippen molar-refractivity contribution in [2.75, 3.05) is 0 Å². The van der Waals surface area contributed by atoms with E-state index in [0.717, 1.165) is 6.92 Å². The molecule has 4 N–H and O–H groups in total. The molecule has 0 aromatic heterocycles. The maximum atomic E-state index is 12.0. The third-order valence-electron chi connectivity index (χ3n) is 4.67. The largest absolute Gasteiger partial charge is 0.481 e. The molecule has 128 valence electrons. The Balaban J connectivity index is 3.09. The molecule has 0 heterocycles. The lowest BCUT2D eigenvalue weighted by Gasteiger charge is -2.41. The summed E-state index contributed by atoms with van der Waals surface area (Å²) in [6, 6.07) is 0. The van der Waals surface area contributed by atoms with Gasteiger partial charge in [-0.3, -0.25) is 24.0 Å². The predicted octanol–water partition coefficient (Wildman–Crippen LogP) is 0.323. The van der Waals surface area contributed by atoms with Crippen molar-refractivity contribution in [3.8, 4) is 0 Å². The molecule has 0 bridgehead atoms. The molecule has 1 aliphatic rings. The van der Waals surface area contributed by atoms with Crippen molar-refractivity contribution in [3.05, 3.63) is 0 Å². The van der Waals surface area contributed by atoms with Crippen molar-refractivity contribution in [2.24, 2.45) is 23.2 Å².